The van der Waals surface area contributed by atoms with E-state index >= 15 is 0 Å². The number of hydrogen-bond acceptors (Lipinski definition) is 5. The lowest BCUT2D eigenvalue weighted by atomic mass is 9.96. The van der Waals surface area contributed by atoms with Gasteiger partial charge in [0, 0.05) is 5.92 Å². The van der Waals surface area contributed by atoms with Crippen molar-refractivity contribution < 1.29 is 27.9 Å². The van der Waals surface area contributed by atoms with E-state index in [4.69, 9.17) is 4.74 Å². The number of nitrogens with one attached hydrogen (secondary N) is 1. The van der Waals surface area contributed by atoms with Crippen molar-refractivity contribution >= 4 is 21.9 Å². The fourth-order valence-corrected chi connectivity index (χ4v) is 6.08. The molecule has 1 aliphatic heterocycles. The summed E-state index contributed by atoms with van der Waals surface area (Å²) in [4.78, 5) is 24.2. The molecule has 0 spiro atoms. The zero-order valence-corrected chi connectivity index (χ0v) is 16.4. The lowest BCUT2D eigenvalue weighted by Crippen LogP contribution is -2.61. The third kappa shape index (κ3) is 3.60. The number of aliphatic carboxylic acids is 1. The van der Waals surface area contributed by atoms with Gasteiger partial charge < -0.3 is 15.2 Å². The van der Waals surface area contributed by atoms with Gasteiger partial charge in [-0.3, -0.25) is 0 Å². The van der Waals surface area contributed by atoms with Crippen LogP contribution in [0.1, 0.15) is 29.9 Å². The monoisotopic (exact) mass is 415 g/mol. The molecule has 2 aliphatic rings. The molecular weight excluding hydrogens is 394 g/mol. The maximum absolute atomic E-state index is 12.4. The van der Waals surface area contributed by atoms with Crippen molar-refractivity contribution in [3.8, 4) is 11.1 Å². The Bertz CT molecular complexity index is 1030. The molecule has 0 saturated carbocycles. The third-order valence-electron chi connectivity index (χ3n) is 5.62. The van der Waals surface area contributed by atoms with Gasteiger partial charge in [0.2, 0.25) is 0 Å². The third-order valence-corrected chi connectivity index (χ3v) is 7.46. The predicted molar refractivity (Wildman–Crippen MR) is 106 cm³/mol. The van der Waals surface area contributed by atoms with Crippen LogP contribution in [0.15, 0.2) is 48.5 Å². The van der Waals surface area contributed by atoms with Crippen LogP contribution < -0.4 is 5.32 Å². The van der Waals surface area contributed by atoms with E-state index < -0.39 is 33.2 Å². The molecule has 0 radical (unpaired) electrons. The van der Waals surface area contributed by atoms with Crippen LogP contribution in [0.2, 0.25) is 0 Å². The molecule has 1 fully saturated rings. The highest BCUT2D eigenvalue weighted by atomic mass is 32.2. The van der Waals surface area contributed by atoms with Gasteiger partial charge in [-0.2, -0.15) is 0 Å². The number of alkyl carbamates (subject to hydrolysis) is 1. The van der Waals surface area contributed by atoms with Crippen molar-refractivity contribution in [2.45, 2.75) is 24.3 Å². The zero-order valence-electron chi connectivity index (χ0n) is 15.6. The molecule has 2 N–H and O–H groups in total. The van der Waals surface area contributed by atoms with Crippen molar-refractivity contribution in [3.63, 3.8) is 0 Å². The highest BCUT2D eigenvalue weighted by Gasteiger charge is 2.47. The summed E-state index contributed by atoms with van der Waals surface area (Å²) < 4.78 is 29.3. The molecular formula is C21H21NO6S. The molecule has 2 aromatic carbocycles. The van der Waals surface area contributed by atoms with Gasteiger partial charge in [-0.25, -0.2) is 18.0 Å². The van der Waals surface area contributed by atoms with Gasteiger partial charge in [0.1, 0.15) is 6.61 Å². The summed E-state index contributed by atoms with van der Waals surface area (Å²) in [7, 11) is -3.54. The molecule has 0 aromatic heterocycles. The first-order valence-corrected chi connectivity index (χ1v) is 11.2. The quantitative estimate of drug-likeness (QED) is 0.794. The van der Waals surface area contributed by atoms with E-state index in [1.807, 2.05) is 48.5 Å². The molecule has 2 aromatic rings. The van der Waals surface area contributed by atoms with Gasteiger partial charge in [0.05, 0.1) is 11.5 Å². The molecule has 8 heteroatoms. The summed E-state index contributed by atoms with van der Waals surface area (Å²) in [5.41, 5.74) is 2.39. The Morgan fingerprint density at radius 3 is 2.21 bits per heavy atom. The standard InChI is InChI=1S/C21H21NO6S/c23-19(24)21(10-5-11-29(26,27)13-21)22-20(25)28-12-18-16-8-3-1-6-14(16)15-7-2-4-9-17(15)18/h1-4,6-9,18H,5,10-13H2,(H,22,25)(H,23,24). The number of carboxylic acid groups (broad SMARTS) is 1. The average molecular weight is 415 g/mol. The van der Waals surface area contributed by atoms with Crippen LogP contribution in [0.3, 0.4) is 0 Å². The van der Waals surface area contributed by atoms with Gasteiger partial charge in [0.15, 0.2) is 15.4 Å². The normalized spacial score (nSPS) is 22.3. The number of fused-ring (bicyclic) bond motifs is 3. The van der Waals surface area contributed by atoms with Gasteiger partial charge in [0.25, 0.3) is 0 Å². The highest BCUT2D eigenvalue weighted by molar-refractivity contribution is 7.91. The number of benzene rings is 2. The van der Waals surface area contributed by atoms with Gasteiger partial charge in [-0.05, 0) is 35.1 Å². The zero-order chi connectivity index (χ0) is 20.6. The summed E-state index contributed by atoms with van der Waals surface area (Å²) in [5.74, 6) is -2.23. The SMILES string of the molecule is O=C(NC1(C(=O)O)CCCS(=O)(=O)C1)OCC1c2ccccc2-c2ccccc21. The molecule has 29 heavy (non-hydrogen) atoms. The fraction of sp³-hybridized carbons (Fsp3) is 0.333. The van der Waals surface area contributed by atoms with Crippen LogP contribution in [-0.4, -0.2) is 49.2 Å². The molecule has 1 amide bonds. The summed E-state index contributed by atoms with van der Waals surface area (Å²) in [6.45, 7) is 0.0301. The summed E-state index contributed by atoms with van der Waals surface area (Å²) >= 11 is 0. The predicted octanol–water partition coefficient (Wildman–Crippen LogP) is 2.56. The second-order valence-electron chi connectivity index (χ2n) is 7.53. The number of carbonyl (C=O) groups is 2. The maximum atomic E-state index is 12.4. The van der Waals surface area contributed by atoms with Gasteiger partial charge in [-0.15, -0.1) is 0 Å². The number of hydrogen-bond donors (Lipinski definition) is 2. The van der Waals surface area contributed by atoms with E-state index in [9.17, 15) is 23.1 Å². The van der Waals surface area contributed by atoms with Crippen molar-refractivity contribution in [2.24, 2.45) is 0 Å². The molecule has 1 unspecified atom stereocenters. The Balaban J connectivity index is 1.51. The van der Waals surface area contributed by atoms with Crippen molar-refractivity contribution in [1.29, 1.82) is 0 Å². The number of carboxylic acids is 1. The first kappa shape index (κ1) is 19.4. The number of ether oxygens (including phenoxy) is 1. The minimum atomic E-state index is -3.54. The second-order valence-corrected chi connectivity index (χ2v) is 9.72. The van der Waals surface area contributed by atoms with E-state index in [-0.39, 0.29) is 31.1 Å². The second kappa shape index (κ2) is 7.18. The first-order valence-electron chi connectivity index (χ1n) is 9.38. The molecule has 1 saturated heterocycles. The molecule has 7 nitrogen and oxygen atoms in total. The van der Waals surface area contributed by atoms with Gasteiger partial charge >= 0.3 is 12.1 Å². The van der Waals surface area contributed by atoms with Crippen molar-refractivity contribution in [1.82, 2.24) is 5.32 Å². The minimum absolute atomic E-state index is 0.0301. The van der Waals surface area contributed by atoms with E-state index in [1.165, 1.54) is 0 Å². The fourth-order valence-electron chi connectivity index (χ4n) is 4.26. The van der Waals surface area contributed by atoms with E-state index in [0.717, 1.165) is 22.3 Å². The molecule has 1 aliphatic carbocycles. The Morgan fingerprint density at radius 1 is 1.07 bits per heavy atom. The topological polar surface area (TPSA) is 110 Å². The Labute approximate surface area is 168 Å². The van der Waals surface area contributed by atoms with Crippen molar-refractivity contribution in [2.75, 3.05) is 18.1 Å². The lowest BCUT2D eigenvalue weighted by molar-refractivity contribution is -0.144. The van der Waals surface area contributed by atoms with Crippen LogP contribution in [0.5, 0.6) is 0 Å². The molecule has 1 heterocycles. The molecule has 4 rings (SSSR count). The van der Waals surface area contributed by atoms with Crippen LogP contribution >= 0.6 is 0 Å². The number of amides is 1. The Morgan fingerprint density at radius 2 is 1.66 bits per heavy atom. The molecule has 0 bridgehead atoms. The number of carbonyl (C=O) groups excluding carboxylic acids is 1. The summed E-state index contributed by atoms with van der Waals surface area (Å²) in [5, 5.41) is 11.9. The van der Waals surface area contributed by atoms with Gasteiger partial charge in [-0.1, -0.05) is 48.5 Å². The van der Waals surface area contributed by atoms with E-state index in [0.29, 0.717) is 0 Å². The minimum Gasteiger partial charge on any atom is -0.479 e. The van der Waals surface area contributed by atoms with Crippen LogP contribution in [0.4, 0.5) is 4.79 Å². The Kier molecular flexibility index (Phi) is 4.82. The molecule has 152 valence electrons. The van der Waals surface area contributed by atoms with Crippen LogP contribution in [0, 0.1) is 0 Å². The van der Waals surface area contributed by atoms with E-state index in [2.05, 4.69) is 5.32 Å². The summed E-state index contributed by atoms with van der Waals surface area (Å²) in [6.07, 6.45) is -0.698. The average Bonchev–Trinajstić information content (AvgIpc) is 2.99. The van der Waals surface area contributed by atoms with E-state index in [1.54, 1.807) is 0 Å². The van der Waals surface area contributed by atoms with Crippen LogP contribution in [-0.2, 0) is 19.4 Å². The lowest BCUT2D eigenvalue weighted by Gasteiger charge is -2.33. The summed E-state index contributed by atoms with van der Waals surface area (Å²) in [6, 6.07) is 15.7. The maximum Gasteiger partial charge on any atom is 0.408 e. The van der Waals surface area contributed by atoms with Crippen LogP contribution in [0.25, 0.3) is 11.1 Å². The first-order chi connectivity index (χ1) is 13.8. The number of rotatable bonds is 4. The smallest absolute Gasteiger partial charge is 0.408 e. The Hall–Kier alpha value is -2.87. The molecule has 1 atom stereocenters. The van der Waals surface area contributed by atoms with Crippen molar-refractivity contribution in [3.05, 3.63) is 59.7 Å². The highest BCUT2D eigenvalue weighted by Crippen LogP contribution is 2.44. The number of sulfone groups is 1. The largest absolute Gasteiger partial charge is 0.479 e.